The smallest absolute Gasteiger partial charge is 0.348 e. The van der Waals surface area contributed by atoms with Crippen molar-refractivity contribution in [2.45, 2.75) is 27.7 Å². The fourth-order valence-electron chi connectivity index (χ4n) is 1.70. The molecule has 23 heavy (non-hydrogen) atoms. The molecular weight excluding hydrogens is 318 g/mol. The summed E-state index contributed by atoms with van der Waals surface area (Å²) in [4.78, 5) is 36.4. The number of anilines is 1. The van der Waals surface area contributed by atoms with Crippen LogP contribution in [0, 0.1) is 12.8 Å². The first kappa shape index (κ1) is 18.9. The number of carbonyl (C=O) groups excluding carboxylic acids is 3. The Kier molecular flexibility index (Phi) is 6.96. The summed E-state index contributed by atoms with van der Waals surface area (Å²) in [5.74, 6) is -1.66. The summed E-state index contributed by atoms with van der Waals surface area (Å²) in [6, 6.07) is 0. The molecule has 1 amide bonds. The molecule has 7 heteroatoms. The van der Waals surface area contributed by atoms with E-state index in [0.717, 1.165) is 11.3 Å². The Hall–Kier alpha value is -2.15. The van der Waals surface area contributed by atoms with Gasteiger partial charge in [-0.3, -0.25) is 4.79 Å². The lowest BCUT2D eigenvalue weighted by Gasteiger charge is -2.08. The van der Waals surface area contributed by atoms with E-state index in [1.807, 2.05) is 0 Å². The number of esters is 2. The zero-order valence-electron chi connectivity index (χ0n) is 13.7. The van der Waals surface area contributed by atoms with Gasteiger partial charge in [0.15, 0.2) is 0 Å². The van der Waals surface area contributed by atoms with Crippen LogP contribution in [-0.2, 0) is 14.3 Å². The van der Waals surface area contributed by atoms with Crippen molar-refractivity contribution in [2.75, 3.05) is 18.5 Å². The van der Waals surface area contributed by atoms with Crippen LogP contribution in [0.1, 0.15) is 46.4 Å². The highest BCUT2D eigenvalue weighted by Crippen LogP contribution is 2.34. The number of nitrogens with one attached hydrogen (secondary N) is 1. The monoisotopic (exact) mass is 339 g/mol. The molecule has 0 aliphatic carbocycles. The molecule has 0 saturated carbocycles. The molecule has 0 aliphatic heterocycles. The van der Waals surface area contributed by atoms with Crippen LogP contribution >= 0.6 is 11.3 Å². The molecule has 1 rings (SSSR count). The minimum absolute atomic E-state index is 0.0681. The molecule has 0 bridgehead atoms. The number of thiophene rings is 1. The second-order valence-corrected chi connectivity index (χ2v) is 6.03. The Morgan fingerprint density at radius 2 is 1.91 bits per heavy atom. The topological polar surface area (TPSA) is 81.7 Å². The Bertz CT molecular complexity index is 618. The van der Waals surface area contributed by atoms with Crippen LogP contribution in [0.15, 0.2) is 12.7 Å². The Balaban J connectivity index is 3.25. The quantitative estimate of drug-likeness (QED) is 0.609. The third kappa shape index (κ3) is 4.66. The van der Waals surface area contributed by atoms with Crippen molar-refractivity contribution >= 4 is 34.2 Å². The van der Waals surface area contributed by atoms with E-state index in [4.69, 9.17) is 9.47 Å². The van der Waals surface area contributed by atoms with Gasteiger partial charge in [-0.05, 0) is 19.4 Å². The minimum atomic E-state index is -0.580. The normalized spacial score (nSPS) is 10.3. The van der Waals surface area contributed by atoms with Gasteiger partial charge in [-0.25, -0.2) is 9.59 Å². The molecule has 0 saturated heterocycles. The lowest BCUT2D eigenvalue weighted by Crippen LogP contribution is -2.19. The van der Waals surface area contributed by atoms with Crippen LogP contribution in [0.5, 0.6) is 0 Å². The fraction of sp³-hybridized carbons (Fsp3) is 0.438. The van der Waals surface area contributed by atoms with E-state index in [1.165, 1.54) is 6.08 Å². The lowest BCUT2D eigenvalue weighted by atomic mass is 10.1. The first-order valence-electron chi connectivity index (χ1n) is 7.22. The van der Waals surface area contributed by atoms with Gasteiger partial charge in [0, 0.05) is 5.92 Å². The molecule has 0 atom stereocenters. The number of hydrogen-bond acceptors (Lipinski definition) is 6. The van der Waals surface area contributed by atoms with Gasteiger partial charge in [-0.2, -0.15) is 0 Å². The molecule has 1 aromatic heterocycles. The molecule has 0 unspecified atom stereocenters. The molecule has 1 heterocycles. The fourth-order valence-corrected chi connectivity index (χ4v) is 2.79. The van der Waals surface area contributed by atoms with Crippen molar-refractivity contribution in [2.24, 2.45) is 5.92 Å². The van der Waals surface area contributed by atoms with Crippen molar-refractivity contribution in [3.05, 3.63) is 28.7 Å². The zero-order chi connectivity index (χ0) is 17.6. The van der Waals surface area contributed by atoms with Crippen molar-refractivity contribution in [3.8, 4) is 0 Å². The average Bonchev–Trinajstić information content (AvgIpc) is 2.81. The number of rotatable bonds is 7. The first-order chi connectivity index (χ1) is 10.8. The summed E-state index contributed by atoms with van der Waals surface area (Å²) in [5.41, 5.74) is 0.623. The molecule has 0 radical (unpaired) electrons. The van der Waals surface area contributed by atoms with E-state index in [1.54, 1.807) is 27.7 Å². The summed E-state index contributed by atoms with van der Waals surface area (Å²) in [6.07, 6.45) is 1.45. The van der Waals surface area contributed by atoms with Crippen LogP contribution in [0.4, 0.5) is 5.00 Å². The molecule has 0 aromatic carbocycles. The van der Waals surface area contributed by atoms with E-state index < -0.39 is 11.9 Å². The SMILES string of the molecule is C=CCOC(=O)c1sc(NC(=O)C(C)C)c(C(=O)OCC)c1C. The minimum Gasteiger partial charge on any atom is -0.462 e. The van der Waals surface area contributed by atoms with E-state index in [-0.39, 0.29) is 35.5 Å². The van der Waals surface area contributed by atoms with Gasteiger partial charge in [0.05, 0.1) is 12.2 Å². The Morgan fingerprint density at radius 1 is 1.26 bits per heavy atom. The molecule has 0 fully saturated rings. The van der Waals surface area contributed by atoms with Crippen LogP contribution in [-0.4, -0.2) is 31.1 Å². The van der Waals surface area contributed by atoms with Gasteiger partial charge in [0.1, 0.15) is 16.5 Å². The van der Waals surface area contributed by atoms with E-state index in [9.17, 15) is 14.4 Å². The highest BCUT2D eigenvalue weighted by atomic mass is 32.1. The molecule has 0 aliphatic rings. The summed E-state index contributed by atoms with van der Waals surface area (Å²) < 4.78 is 10.0. The summed E-state index contributed by atoms with van der Waals surface area (Å²) in [6.45, 7) is 10.5. The van der Waals surface area contributed by atoms with Gasteiger partial charge >= 0.3 is 11.9 Å². The molecule has 1 N–H and O–H groups in total. The summed E-state index contributed by atoms with van der Waals surface area (Å²) >= 11 is 1.00. The molecule has 126 valence electrons. The van der Waals surface area contributed by atoms with Crippen molar-refractivity contribution in [3.63, 3.8) is 0 Å². The van der Waals surface area contributed by atoms with E-state index in [2.05, 4.69) is 11.9 Å². The van der Waals surface area contributed by atoms with E-state index in [0.29, 0.717) is 10.6 Å². The van der Waals surface area contributed by atoms with E-state index >= 15 is 0 Å². The Labute approximate surface area is 139 Å². The second-order valence-electron chi connectivity index (χ2n) is 5.01. The maximum atomic E-state index is 12.2. The van der Waals surface area contributed by atoms with Gasteiger partial charge in [-0.1, -0.05) is 26.5 Å². The van der Waals surface area contributed by atoms with Crippen molar-refractivity contribution in [1.29, 1.82) is 0 Å². The predicted octanol–water partition coefficient (Wildman–Crippen LogP) is 3.17. The molecule has 6 nitrogen and oxygen atoms in total. The second kappa shape index (κ2) is 8.47. The number of ether oxygens (including phenoxy) is 2. The average molecular weight is 339 g/mol. The molecule has 0 spiro atoms. The standard InChI is InChI=1S/C16H21NO5S/c1-6-8-22-16(20)12-10(5)11(15(19)21-7-2)14(23-12)17-13(18)9(3)4/h6,9H,1,7-8H2,2-5H3,(H,17,18). The number of amides is 1. The van der Waals surface area contributed by atoms with Crippen LogP contribution in [0.3, 0.4) is 0 Å². The summed E-state index contributed by atoms with van der Waals surface area (Å²) in [5, 5.41) is 2.97. The molecular formula is C16H21NO5S. The van der Waals surface area contributed by atoms with Gasteiger partial charge < -0.3 is 14.8 Å². The van der Waals surface area contributed by atoms with Crippen LogP contribution < -0.4 is 5.32 Å². The third-order valence-electron chi connectivity index (χ3n) is 2.91. The van der Waals surface area contributed by atoms with Crippen molar-refractivity contribution in [1.82, 2.24) is 0 Å². The highest BCUT2D eigenvalue weighted by molar-refractivity contribution is 7.18. The van der Waals surface area contributed by atoms with Gasteiger partial charge in [0.2, 0.25) is 5.91 Å². The maximum absolute atomic E-state index is 12.2. The lowest BCUT2D eigenvalue weighted by molar-refractivity contribution is -0.118. The molecule has 1 aromatic rings. The first-order valence-corrected chi connectivity index (χ1v) is 8.04. The zero-order valence-corrected chi connectivity index (χ0v) is 14.5. The van der Waals surface area contributed by atoms with Crippen LogP contribution in [0.25, 0.3) is 0 Å². The van der Waals surface area contributed by atoms with Crippen molar-refractivity contribution < 1.29 is 23.9 Å². The number of hydrogen-bond donors (Lipinski definition) is 1. The third-order valence-corrected chi connectivity index (χ3v) is 4.09. The largest absolute Gasteiger partial charge is 0.462 e. The highest BCUT2D eigenvalue weighted by Gasteiger charge is 2.27. The van der Waals surface area contributed by atoms with Crippen LogP contribution in [0.2, 0.25) is 0 Å². The van der Waals surface area contributed by atoms with Gasteiger partial charge in [-0.15, -0.1) is 11.3 Å². The number of carbonyl (C=O) groups is 3. The maximum Gasteiger partial charge on any atom is 0.348 e. The predicted molar refractivity (Wildman–Crippen MR) is 89.0 cm³/mol. The van der Waals surface area contributed by atoms with Gasteiger partial charge in [0.25, 0.3) is 0 Å². The Morgan fingerprint density at radius 3 is 2.43 bits per heavy atom. The summed E-state index contributed by atoms with van der Waals surface area (Å²) in [7, 11) is 0.